The van der Waals surface area contributed by atoms with E-state index in [4.69, 9.17) is 16.3 Å². The Bertz CT molecular complexity index is 602. The number of aliphatic hydroxyl groups excluding tert-OH is 1. The summed E-state index contributed by atoms with van der Waals surface area (Å²) in [5.74, 6) is 0.159. The lowest BCUT2D eigenvalue weighted by atomic mass is 9.87. The summed E-state index contributed by atoms with van der Waals surface area (Å²) in [6, 6.07) is 0. The summed E-state index contributed by atoms with van der Waals surface area (Å²) in [4.78, 5) is 10.5. The van der Waals surface area contributed by atoms with Gasteiger partial charge in [-0.15, -0.1) is 11.3 Å². The van der Waals surface area contributed by atoms with E-state index in [1.807, 2.05) is 6.92 Å². The first kappa shape index (κ1) is 13.2. The van der Waals surface area contributed by atoms with Gasteiger partial charge >= 0.3 is 0 Å². The third kappa shape index (κ3) is 2.36. The molecule has 0 aliphatic heterocycles. The van der Waals surface area contributed by atoms with Crippen LogP contribution in [0.2, 0.25) is 5.15 Å². The third-order valence-electron chi connectivity index (χ3n) is 3.58. The number of thiophene rings is 1. The molecule has 0 saturated heterocycles. The van der Waals surface area contributed by atoms with Crippen LogP contribution in [0.5, 0.6) is 0 Å². The molecule has 2 aromatic heterocycles. The van der Waals surface area contributed by atoms with Gasteiger partial charge in [-0.2, -0.15) is 0 Å². The molecule has 0 fully saturated rings. The van der Waals surface area contributed by atoms with Crippen LogP contribution < -0.4 is 0 Å². The fraction of sp³-hybridized carbons (Fsp3) is 0.538. The van der Waals surface area contributed by atoms with E-state index in [0.29, 0.717) is 11.8 Å². The van der Waals surface area contributed by atoms with E-state index in [0.717, 1.165) is 29.5 Å². The highest BCUT2D eigenvalue weighted by Gasteiger charge is 2.29. The molecular weight excluding hydrogens is 284 g/mol. The maximum Gasteiger partial charge on any atom is 0.157 e. The van der Waals surface area contributed by atoms with Crippen LogP contribution in [0.1, 0.15) is 23.8 Å². The van der Waals surface area contributed by atoms with Crippen molar-refractivity contribution in [2.45, 2.75) is 32.5 Å². The molecule has 0 aromatic carbocycles. The van der Waals surface area contributed by atoms with Crippen LogP contribution in [0.25, 0.3) is 10.2 Å². The quantitative estimate of drug-likeness (QED) is 0.699. The normalized spacial score (nSPS) is 20.5. The van der Waals surface area contributed by atoms with Gasteiger partial charge in [-0.05, 0) is 31.7 Å². The summed E-state index contributed by atoms with van der Waals surface area (Å²) in [7, 11) is 0. The second-order valence-corrected chi connectivity index (χ2v) is 6.14. The molecule has 1 aliphatic carbocycles. The molecule has 0 bridgehead atoms. The predicted octanol–water partition coefficient (Wildman–Crippen LogP) is 2.80. The SMILES string of the molecule is CCOC(O)C1CCc2c(sc3ncnc(Cl)c23)C1. The number of halogens is 1. The molecule has 0 spiro atoms. The van der Waals surface area contributed by atoms with Crippen LogP contribution in [0.15, 0.2) is 6.33 Å². The van der Waals surface area contributed by atoms with Crippen LogP contribution in [0.3, 0.4) is 0 Å². The molecular formula is C13H15ClN2O2S. The zero-order chi connectivity index (χ0) is 13.4. The Morgan fingerprint density at radius 1 is 1.58 bits per heavy atom. The van der Waals surface area contributed by atoms with Gasteiger partial charge in [0.2, 0.25) is 0 Å². The predicted molar refractivity (Wildman–Crippen MR) is 75.6 cm³/mol. The molecule has 1 N–H and O–H groups in total. The van der Waals surface area contributed by atoms with Gasteiger partial charge in [-0.3, -0.25) is 0 Å². The fourth-order valence-corrected chi connectivity index (χ4v) is 4.23. The molecule has 3 rings (SSSR count). The minimum atomic E-state index is -0.676. The Labute approximate surface area is 120 Å². The maximum atomic E-state index is 9.96. The standard InChI is InChI=1S/C13H15ClN2O2S/c1-2-18-13(17)7-3-4-8-9(5-7)19-12-10(8)11(14)15-6-16-12/h6-7,13,17H,2-5H2,1H3. The van der Waals surface area contributed by atoms with Crippen molar-refractivity contribution >= 4 is 33.2 Å². The minimum Gasteiger partial charge on any atom is -0.368 e. The van der Waals surface area contributed by atoms with Crippen molar-refractivity contribution in [3.8, 4) is 0 Å². The van der Waals surface area contributed by atoms with Gasteiger partial charge in [0.25, 0.3) is 0 Å². The van der Waals surface area contributed by atoms with Crippen molar-refractivity contribution in [1.82, 2.24) is 9.97 Å². The lowest BCUT2D eigenvalue weighted by Gasteiger charge is -2.26. The number of nitrogens with zero attached hydrogens (tertiary/aromatic N) is 2. The van der Waals surface area contributed by atoms with E-state index in [1.54, 1.807) is 11.3 Å². The zero-order valence-corrected chi connectivity index (χ0v) is 12.2. The van der Waals surface area contributed by atoms with Crippen molar-refractivity contribution < 1.29 is 9.84 Å². The van der Waals surface area contributed by atoms with Crippen LogP contribution in [-0.2, 0) is 17.6 Å². The van der Waals surface area contributed by atoms with Gasteiger partial charge in [-0.25, -0.2) is 9.97 Å². The van der Waals surface area contributed by atoms with Gasteiger partial charge in [0.15, 0.2) is 6.29 Å². The first-order chi connectivity index (χ1) is 9.20. The Morgan fingerprint density at radius 3 is 3.21 bits per heavy atom. The number of aromatic nitrogens is 2. The van der Waals surface area contributed by atoms with Crippen LogP contribution in [0.4, 0.5) is 0 Å². The zero-order valence-electron chi connectivity index (χ0n) is 10.6. The van der Waals surface area contributed by atoms with E-state index >= 15 is 0 Å². The van der Waals surface area contributed by atoms with Gasteiger partial charge < -0.3 is 9.84 Å². The van der Waals surface area contributed by atoms with Crippen LogP contribution >= 0.6 is 22.9 Å². The summed E-state index contributed by atoms with van der Waals surface area (Å²) in [5.41, 5.74) is 1.26. The molecule has 102 valence electrons. The topological polar surface area (TPSA) is 55.2 Å². The van der Waals surface area contributed by atoms with E-state index in [1.165, 1.54) is 16.8 Å². The summed E-state index contributed by atoms with van der Waals surface area (Å²) in [6.07, 6.45) is 3.46. The summed E-state index contributed by atoms with van der Waals surface area (Å²) in [5, 5.41) is 11.5. The Hall–Kier alpha value is -0.750. The number of hydrogen-bond acceptors (Lipinski definition) is 5. The lowest BCUT2D eigenvalue weighted by Crippen LogP contribution is -2.28. The second-order valence-electron chi connectivity index (χ2n) is 4.70. The first-order valence-electron chi connectivity index (χ1n) is 6.41. The maximum absolute atomic E-state index is 9.96. The number of aryl methyl sites for hydroxylation is 1. The number of aliphatic hydroxyl groups is 1. The molecule has 2 atom stereocenters. The second kappa shape index (κ2) is 5.32. The molecule has 1 aliphatic rings. The van der Waals surface area contributed by atoms with Gasteiger partial charge in [-0.1, -0.05) is 11.6 Å². The monoisotopic (exact) mass is 298 g/mol. The Balaban J connectivity index is 1.94. The fourth-order valence-electron chi connectivity index (χ4n) is 2.65. The highest BCUT2D eigenvalue weighted by molar-refractivity contribution is 7.19. The van der Waals surface area contributed by atoms with Crippen molar-refractivity contribution in [1.29, 1.82) is 0 Å². The number of fused-ring (bicyclic) bond motifs is 3. The largest absolute Gasteiger partial charge is 0.368 e. The molecule has 2 heterocycles. The van der Waals surface area contributed by atoms with Crippen molar-refractivity contribution in [2.75, 3.05) is 6.61 Å². The Morgan fingerprint density at radius 2 is 2.42 bits per heavy atom. The first-order valence-corrected chi connectivity index (χ1v) is 7.60. The number of ether oxygens (including phenoxy) is 1. The molecule has 2 unspecified atom stereocenters. The van der Waals surface area contributed by atoms with Gasteiger partial charge in [0, 0.05) is 17.4 Å². The number of hydrogen-bond donors (Lipinski definition) is 1. The van der Waals surface area contributed by atoms with E-state index < -0.39 is 6.29 Å². The van der Waals surface area contributed by atoms with Crippen LogP contribution in [0, 0.1) is 5.92 Å². The summed E-state index contributed by atoms with van der Waals surface area (Å²) >= 11 is 7.82. The average Bonchev–Trinajstić information content (AvgIpc) is 2.77. The summed E-state index contributed by atoms with van der Waals surface area (Å²) < 4.78 is 5.30. The lowest BCUT2D eigenvalue weighted by molar-refractivity contribution is -0.132. The number of rotatable bonds is 3. The summed E-state index contributed by atoms with van der Waals surface area (Å²) in [6.45, 7) is 2.43. The van der Waals surface area contributed by atoms with Crippen LogP contribution in [-0.4, -0.2) is 28.0 Å². The Kier molecular flexibility index (Phi) is 3.71. The van der Waals surface area contributed by atoms with Crippen molar-refractivity contribution in [3.05, 3.63) is 21.9 Å². The van der Waals surface area contributed by atoms with Crippen molar-refractivity contribution in [3.63, 3.8) is 0 Å². The van der Waals surface area contributed by atoms with E-state index in [2.05, 4.69) is 9.97 Å². The molecule has 0 amide bonds. The van der Waals surface area contributed by atoms with E-state index in [-0.39, 0.29) is 5.92 Å². The van der Waals surface area contributed by atoms with E-state index in [9.17, 15) is 5.11 Å². The van der Waals surface area contributed by atoms with Crippen molar-refractivity contribution in [2.24, 2.45) is 5.92 Å². The molecule has 19 heavy (non-hydrogen) atoms. The highest BCUT2D eigenvalue weighted by atomic mass is 35.5. The molecule has 4 nitrogen and oxygen atoms in total. The van der Waals surface area contributed by atoms with Gasteiger partial charge in [0.1, 0.15) is 16.3 Å². The van der Waals surface area contributed by atoms with Gasteiger partial charge in [0.05, 0.1) is 5.39 Å². The smallest absolute Gasteiger partial charge is 0.157 e. The molecule has 0 saturated carbocycles. The third-order valence-corrected chi connectivity index (χ3v) is 5.03. The highest BCUT2D eigenvalue weighted by Crippen LogP contribution is 2.40. The molecule has 6 heteroatoms. The molecule has 0 radical (unpaired) electrons. The average molecular weight is 299 g/mol. The minimum absolute atomic E-state index is 0.159. The molecule has 2 aromatic rings.